The second kappa shape index (κ2) is 8.09. The Morgan fingerprint density at radius 2 is 1.97 bits per heavy atom. The topological polar surface area (TPSA) is 89.0 Å². The molecule has 1 aromatic heterocycles. The number of anilines is 1. The van der Waals surface area contributed by atoms with Crippen molar-refractivity contribution in [3.63, 3.8) is 0 Å². The molecule has 0 radical (unpaired) electrons. The van der Waals surface area contributed by atoms with Gasteiger partial charge >= 0.3 is 0 Å². The lowest BCUT2D eigenvalue weighted by Crippen LogP contribution is -2.29. The van der Waals surface area contributed by atoms with Crippen LogP contribution in [0.3, 0.4) is 0 Å². The number of hydrogen-bond donors (Lipinski definition) is 1. The van der Waals surface area contributed by atoms with E-state index < -0.39 is 17.7 Å². The summed E-state index contributed by atoms with van der Waals surface area (Å²) in [7, 11) is 1.50. The van der Waals surface area contributed by atoms with Crippen LogP contribution in [0.15, 0.2) is 72.6 Å². The van der Waals surface area contributed by atoms with Gasteiger partial charge in [-0.1, -0.05) is 18.2 Å². The summed E-state index contributed by atoms with van der Waals surface area (Å²) in [5.41, 5.74) is 2.45. The maximum Gasteiger partial charge on any atom is 0.300 e. The van der Waals surface area contributed by atoms with Gasteiger partial charge in [0.2, 0.25) is 0 Å². The number of para-hydroxylation sites is 2. The lowest BCUT2D eigenvalue weighted by Gasteiger charge is -2.26. The number of benzene rings is 2. The van der Waals surface area contributed by atoms with Gasteiger partial charge in [0.05, 0.1) is 24.4 Å². The van der Waals surface area contributed by atoms with E-state index in [0.717, 1.165) is 11.3 Å². The van der Waals surface area contributed by atoms with Gasteiger partial charge in [0, 0.05) is 24.4 Å². The first-order chi connectivity index (χ1) is 16.0. The third-order valence-electron chi connectivity index (χ3n) is 5.96. The molecule has 166 valence electrons. The van der Waals surface area contributed by atoms with Gasteiger partial charge in [-0.25, -0.2) is 0 Å². The molecule has 5 rings (SSSR count). The fourth-order valence-electron chi connectivity index (χ4n) is 4.49. The average molecular weight is 442 g/mol. The lowest BCUT2D eigenvalue weighted by molar-refractivity contribution is -0.132. The highest BCUT2D eigenvalue weighted by Gasteiger charge is 2.48. The third kappa shape index (κ3) is 3.42. The summed E-state index contributed by atoms with van der Waals surface area (Å²) in [6.45, 7) is 1.97. The van der Waals surface area contributed by atoms with E-state index in [2.05, 4.69) is 4.98 Å². The molecule has 1 saturated heterocycles. The van der Waals surface area contributed by atoms with E-state index in [1.54, 1.807) is 60.9 Å². The number of ether oxygens (including phenoxy) is 2. The molecule has 2 aliphatic heterocycles. The number of aromatic nitrogens is 1. The standard InChI is InChI=1S/C26H22N2O5/c1-15-12-18-13-16(9-10-20(18)33-15)24(29)22-23(17-6-5-11-27-14-17)28(26(31)25(22)30)19-7-3-4-8-21(19)32-2/h3-11,13-15,23,29H,12H2,1-2H3/b24-22-. The van der Waals surface area contributed by atoms with Crippen LogP contribution in [-0.2, 0) is 16.0 Å². The summed E-state index contributed by atoms with van der Waals surface area (Å²) in [5.74, 6) is -0.540. The minimum Gasteiger partial charge on any atom is -0.507 e. The number of aliphatic hydroxyl groups is 1. The van der Waals surface area contributed by atoms with Crippen LogP contribution in [-0.4, -0.2) is 35.0 Å². The van der Waals surface area contributed by atoms with Crippen LogP contribution < -0.4 is 14.4 Å². The molecule has 1 N–H and O–H groups in total. The Morgan fingerprint density at radius 1 is 1.15 bits per heavy atom. The smallest absolute Gasteiger partial charge is 0.300 e. The van der Waals surface area contributed by atoms with Crippen molar-refractivity contribution in [2.45, 2.75) is 25.5 Å². The summed E-state index contributed by atoms with van der Waals surface area (Å²) < 4.78 is 11.2. The van der Waals surface area contributed by atoms with Gasteiger partial charge in [-0.3, -0.25) is 19.5 Å². The fraction of sp³-hybridized carbons (Fsp3) is 0.192. The van der Waals surface area contributed by atoms with Crippen LogP contribution in [0.2, 0.25) is 0 Å². The second-order valence-electron chi connectivity index (χ2n) is 8.08. The molecule has 3 heterocycles. The minimum atomic E-state index is -0.863. The largest absolute Gasteiger partial charge is 0.507 e. The van der Waals surface area contributed by atoms with Crippen molar-refractivity contribution in [2.75, 3.05) is 12.0 Å². The van der Waals surface area contributed by atoms with Crippen LogP contribution >= 0.6 is 0 Å². The monoisotopic (exact) mass is 442 g/mol. The van der Waals surface area contributed by atoms with Crippen LogP contribution in [0, 0.1) is 0 Å². The number of carbonyl (C=O) groups excluding carboxylic acids is 2. The molecular weight excluding hydrogens is 420 g/mol. The van der Waals surface area contributed by atoms with Crippen LogP contribution in [0.1, 0.15) is 29.7 Å². The zero-order valence-corrected chi connectivity index (χ0v) is 18.2. The maximum atomic E-state index is 13.3. The van der Waals surface area contributed by atoms with Gasteiger partial charge in [-0.2, -0.15) is 0 Å². The van der Waals surface area contributed by atoms with E-state index in [1.807, 2.05) is 13.0 Å². The Hall–Kier alpha value is -4.13. The first-order valence-electron chi connectivity index (χ1n) is 10.6. The highest BCUT2D eigenvalue weighted by atomic mass is 16.5. The number of ketones is 1. The van der Waals surface area contributed by atoms with Gasteiger partial charge in [-0.15, -0.1) is 0 Å². The van der Waals surface area contributed by atoms with E-state index in [9.17, 15) is 14.7 Å². The van der Waals surface area contributed by atoms with Crippen LogP contribution in [0.25, 0.3) is 5.76 Å². The molecule has 0 bridgehead atoms. The van der Waals surface area contributed by atoms with Crippen molar-refractivity contribution in [1.82, 2.24) is 4.98 Å². The first kappa shape index (κ1) is 20.8. The van der Waals surface area contributed by atoms with E-state index in [1.165, 1.54) is 12.0 Å². The number of rotatable bonds is 4. The summed E-state index contributed by atoms with van der Waals surface area (Å²) in [6.07, 6.45) is 3.95. The van der Waals surface area contributed by atoms with E-state index in [4.69, 9.17) is 9.47 Å². The molecule has 1 fully saturated rings. The van der Waals surface area contributed by atoms with Crippen molar-refractivity contribution in [3.8, 4) is 11.5 Å². The molecule has 0 aliphatic carbocycles. The molecule has 7 heteroatoms. The van der Waals surface area contributed by atoms with Gasteiger partial charge < -0.3 is 14.6 Å². The zero-order chi connectivity index (χ0) is 23.1. The molecule has 2 aromatic carbocycles. The third-order valence-corrected chi connectivity index (χ3v) is 5.96. The van der Waals surface area contributed by atoms with Crippen molar-refractivity contribution >= 4 is 23.1 Å². The molecular formula is C26H22N2O5. The molecule has 0 saturated carbocycles. The highest BCUT2D eigenvalue weighted by Crippen LogP contribution is 2.45. The van der Waals surface area contributed by atoms with Crippen LogP contribution in [0.5, 0.6) is 11.5 Å². The summed E-state index contributed by atoms with van der Waals surface area (Å²) in [4.78, 5) is 32.1. The zero-order valence-electron chi connectivity index (χ0n) is 18.2. The number of Topliss-reactive ketones (excluding diaryl/α,β-unsaturated/α-hetero) is 1. The molecule has 2 atom stereocenters. The molecule has 2 unspecified atom stereocenters. The van der Waals surface area contributed by atoms with Gasteiger partial charge in [0.25, 0.3) is 11.7 Å². The summed E-state index contributed by atoms with van der Waals surface area (Å²) in [5, 5.41) is 11.3. The Labute approximate surface area is 190 Å². The maximum absolute atomic E-state index is 13.3. The number of hydrogen-bond acceptors (Lipinski definition) is 6. The Kier molecular flexibility index (Phi) is 5.09. The summed E-state index contributed by atoms with van der Waals surface area (Å²) in [6, 6.07) is 14.9. The van der Waals surface area contributed by atoms with Crippen molar-refractivity contribution in [3.05, 3.63) is 89.3 Å². The number of amides is 1. The Balaban J connectivity index is 1.70. The predicted molar refractivity (Wildman–Crippen MR) is 122 cm³/mol. The lowest BCUT2D eigenvalue weighted by atomic mass is 9.95. The molecule has 33 heavy (non-hydrogen) atoms. The Morgan fingerprint density at radius 3 is 2.73 bits per heavy atom. The summed E-state index contributed by atoms with van der Waals surface area (Å²) >= 11 is 0. The molecule has 3 aromatic rings. The second-order valence-corrected chi connectivity index (χ2v) is 8.08. The molecule has 2 aliphatic rings. The van der Waals surface area contributed by atoms with E-state index >= 15 is 0 Å². The Bertz CT molecular complexity index is 1280. The normalized spacial score (nSPS) is 21.1. The molecule has 0 spiro atoms. The van der Waals surface area contributed by atoms with Gasteiger partial charge in [0.1, 0.15) is 23.4 Å². The molecule has 7 nitrogen and oxygen atoms in total. The number of methoxy groups -OCH3 is 1. The SMILES string of the molecule is COc1ccccc1N1C(=O)C(=O)/C(=C(\O)c2ccc3c(c2)CC(C)O3)C1c1cccnc1. The van der Waals surface area contributed by atoms with E-state index in [-0.39, 0.29) is 17.4 Å². The number of aliphatic hydroxyl groups excluding tert-OH is 1. The van der Waals surface area contributed by atoms with Gasteiger partial charge in [0.15, 0.2) is 0 Å². The molecule has 1 amide bonds. The first-order valence-corrected chi connectivity index (χ1v) is 10.6. The van der Waals surface area contributed by atoms with E-state index in [0.29, 0.717) is 29.0 Å². The van der Waals surface area contributed by atoms with Crippen molar-refractivity contribution < 1.29 is 24.2 Å². The minimum absolute atomic E-state index is 0.00539. The van der Waals surface area contributed by atoms with Crippen molar-refractivity contribution in [2.24, 2.45) is 0 Å². The van der Waals surface area contributed by atoms with Gasteiger partial charge in [-0.05, 0) is 54.4 Å². The number of nitrogens with zero attached hydrogens (tertiary/aromatic N) is 2. The number of pyridine rings is 1. The average Bonchev–Trinajstić information content (AvgIpc) is 3.34. The fourth-order valence-corrected chi connectivity index (χ4v) is 4.49. The van der Waals surface area contributed by atoms with Crippen LogP contribution in [0.4, 0.5) is 5.69 Å². The predicted octanol–water partition coefficient (Wildman–Crippen LogP) is 4.04. The van der Waals surface area contributed by atoms with Crippen molar-refractivity contribution in [1.29, 1.82) is 0 Å². The number of fused-ring (bicyclic) bond motifs is 1. The highest BCUT2D eigenvalue weighted by molar-refractivity contribution is 6.51. The quantitative estimate of drug-likeness (QED) is 0.373. The number of carbonyl (C=O) groups is 2.